The van der Waals surface area contributed by atoms with Crippen LogP contribution in [0.25, 0.3) is 11.0 Å². The Morgan fingerprint density at radius 2 is 1.77 bits per heavy atom. The van der Waals surface area contributed by atoms with Crippen molar-refractivity contribution in [2.45, 2.75) is 53.1 Å². The lowest BCUT2D eigenvalue weighted by Gasteiger charge is -2.21. The molecule has 0 unspecified atom stereocenters. The van der Waals surface area contributed by atoms with Crippen molar-refractivity contribution in [2.75, 3.05) is 27.4 Å². The number of amides is 1. The van der Waals surface area contributed by atoms with Gasteiger partial charge in [-0.1, -0.05) is 19.9 Å². The average Bonchev–Trinajstić information content (AvgIpc) is 3.29. The van der Waals surface area contributed by atoms with Crippen molar-refractivity contribution < 1.29 is 23.8 Å². The molecular formula is C26H34N4O5. The molecule has 9 heteroatoms. The molecule has 0 saturated carbocycles. The second-order valence-corrected chi connectivity index (χ2v) is 8.84. The fourth-order valence-electron chi connectivity index (χ4n) is 3.75. The molecule has 0 radical (unpaired) electrons. The van der Waals surface area contributed by atoms with Gasteiger partial charge in [0.15, 0.2) is 23.8 Å². The van der Waals surface area contributed by atoms with Crippen LogP contribution in [-0.2, 0) is 16.1 Å². The summed E-state index contributed by atoms with van der Waals surface area (Å²) in [5, 5.41) is 5.01. The summed E-state index contributed by atoms with van der Waals surface area (Å²) in [6.07, 6.45) is 1.63. The number of ether oxygens (including phenoxy) is 3. The van der Waals surface area contributed by atoms with Crippen LogP contribution in [0.15, 0.2) is 30.5 Å². The quantitative estimate of drug-likeness (QED) is 0.396. The topological polar surface area (TPSA) is 95.8 Å². The molecule has 0 atom stereocenters. The van der Waals surface area contributed by atoms with Gasteiger partial charge in [0.25, 0.3) is 5.91 Å². The third kappa shape index (κ3) is 5.72. The summed E-state index contributed by atoms with van der Waals surface area (Å²) >= 11 is 0. The number of pyridine rings is 1. The second-order valence-electron chi connectivity index (χ2n) is 8.84. The molecule has 9 nitrogen and oxygen atoms in total. The smallest absolute Gasteiger partial charge is 0.339 e. The van der Waals surface area contributed by atoms with Crippen LogP contribution in [0.1, 0.15) is 68.2 Å². The van der Waals surface area contributed by atoms with Gasteiger partial charge in [0.2, 0.25) is 0 Å². The number of fused-ring (bicyclic) bond motifs is 1. The van der Waals surface area contributed by atoms with Gasteiger partial charge in [-0.3, -0.25) is 4.79 Å². The Labute approximate surface area is 206 Å². The molecule has 0 spiro atoms. The first-order valence-electron chi connectivity index (χ1n) is 11.7. The Morgan fingerprint density at radius 1 is 1.06 bits per heavy atom. The van der Waals surface area contributed by atoms with E-state index in [1.807, 2.05) is 46.8 Å². The summed E-state index contributed by atoms with van der Waals surface area (Å²) < 4.78 is 17.9. The molecule has 1 amide bonds. The van der Waals surface area contributed by atoms with E-state index in [0.717, 1.165) is 11.3 Å². The van der Waals surface area contributed by atoms with Gasteiger partial charge in [0.1, 0.15) is 0 Å². The van der Waals surface area contributed by atoms with Crippen molar-refractivity contribution in [1.29, 1.82) is 0 Å². The van der Waals surface area contributed by atoms with E-state index in [4.69, 9.17) is 19.2 Å². The van der Waals surface area contributed by atoms with Gasteiger partial charge in [0.05, 0.1) is 31.4 Å². The molecule has 3 aromatic rings. The van der Waals surface area contributed by atoms with Crippen LogP contribution < -0.4 is 9.47 Å². The highest BCUT2D eigenvalue weighted by atomic mass is 16.5. The fraction of sp³-hybridized carbons (Fsp3) is 0.462. The molecule has 0 fully saturated rings. The minimum Gasteiger partial charge on any atom is -0.493 e. The van der Waals surface area contributed by atoms with Crippen LogP contribution >= 0.6 is 0 Å². The lowest BCUT2D eigenvalue weighted by atomic mass is 10.1. The number of hydrogen-bond donors (Lipinski definition) is 0. The largest absolute Gasteiger partial charge is 0.493 e. The highest BCUT2D eigenvalue weighted by molar-refractivity contribution is 6.03. The number of carbonyl (C=O) groups is 2. The first-order valence-corrected chi connectivity index (χ1v) is 11.7. The molecular weight excluding hydrogens is 448 g/mol. The molecule has 2 aromatic heterocycles. The summed E-state index contributed by atoms with van der Waals surface area (Å²) in [6, 6.07) is 7.31. The van der Waals surface area contributed by atoms with E-state index in [0.29, 0.717) is 41.2 Å². The van der Waals surface area contributed by atoms with E-state index in [9.17, 15) is 9.59 Å². The molecule has 188 valence electrons. The summed E-state index contributed by atoms with van der Waals surface area (Å²) in [7, 11) is 3.14. The Bertz CT molecular complexity index is 1200. The van der Waals surface area contributed by atoms with Crippen molar-refractivity contribution in [3.63, 3.8) is 0 Å². The fourth-order valence-corrected chi connectivity index (χ4v) is 3.75. The number of benzene rings is 1. The lowest BCUT2D eigenvalue weighted by molar-refractivity contribution is -0.134. The number of esters is 1. The SMILES string of the molecule is CCN(Cc1ccc(OC)c(OC)c1)C(=O)COC(=O)c1cc(C(C)C)nc2c1cnn2C(C)C. The number of aromatic nitrogens is 3. The third-order valence-electron chi connectivity index (χ3n) is 5.77. The van der Waals surface area contributed by atoms with E-state index < -0.39 is 5.97 Å². The van der Waals surface area contributed by atoms with Crippen molar-refractivity contribution >= 4 is 22.9 Å². The number of carbonyl (C=O) groups excluding carboxylic acids is 2. The van der Waals surface area contributed by atoms with Gasteiger partial charge in [-0.2, -0.15) is 5.10 Å². The molecule has 3 rings (SSSR count). The Morgan fingerprint density at radius 3 is 2.37 bits per heavy atom. The van der Waals surface area contributed by atoms with Crippen LogP contribution in [0.3, 0.4) is 0 Å². The van der Waals surface area contributed by atoms with E-state index in [2.05, 4.69) is 5.10 Å². The van der Waals surface area contributed by atoms with Crippen LogP contribution in [0.2, 0.25) is 0 Å². The number of nitrogens with zero attached hydrogens (tertiary/aromatic N) is 4. The number of rotatable bonds is 10. The summed E-state index contributed by atoms with van der Waals surface area (Å²) in [5.74, 6) is 0.454. The predicted molar refractivity (Wildman–Crippen MR) is 133 cm³/mol. The first kappa shape index (κ1) is 26.0. The summed E-state index contributed by atoms with van der Waals surface area (Å²) in [4.78, 5) is 32.3. The Kier molecular flexibility index (Phi) is 8.32. The highest BCUT2D eigenvalue weighted by Gasteiger charge is 2.22. The number of hydrogen-bond acceptors (Lipinski definition) is 7. The van der Waals surface area contributed by atoms with Gasteiger partial charge < -0.3 is 19.1 Å². The van der Waals surface area contributed by atoms with Gasteiger partial charge >= 0.3 is 5.97 Å². The zero-order valence-electron chi connectivity index (χ0n) is 21.5. The Hall–Kier alpha value is -3.62. The van der Waals surface area contributed by atoms with Gasteiger partial charge in [-0.25, -0.2) is 14.5 Å². The van der Waals surface area contributed by atoms with E-state index in [-0.39, 0.29) is 24.5 Å². The second kappa shape index (κ2) is 11.2. The molecule has 2 heterocycles. The van der Waals surface area contributed by atoms with E-state index in [1.54, 1.807) is 42.1 Å². The minimum absolute atomic E-state index is 0.0857. The average molecular weight is 483 g/mol. The maximum atomic E-state index is 13.1. The molecule has 35 heavy (non-hydrogen) atoms. The zero-order chi connectivity index (χ0) is 25.7. The van der Waals surface area contributed by atoms with Gasteiger partial charge in [-0.15, -0.1) is 0 Å². The van der Waals surface area contributed by atoms with E-state index >= 15 is 0 Å². The van der Waals surface area contributed by atoms with Crippen molar-refractivity contribution in [3.8, 4) is 11.5 Å². The van der Waals surface area contributed by atoms with Crippen molar-refractivity contribution in [3.05, 3.63) is 47.3 Å². The van der Waals surface area contributed by atoms with Gasteiger partial charge in [0, 0.05) is 24.8 Å². The van der Waals surface area contributed by atoms with Crippen LogP contribution in [-0.4, -0.2) is 58.9 Å². The zero-order valence-corrected chi connectivity index (χ0v) is 21.5. The third-order valence-corrected chi connectivity index (χ3v) is 5.77. The lowest BCUT2D eigenvalue weighted by Crippen LogP contribution is -2.34. The number of methoxy groups -OCH3 is 2. The summed E-state index contributed by atoms with van der Waals surface area (Å²) in [6.45, 7) is 10.4. The highest BCUT2D eigenvalue weighted by Crippen LogP contribution is 2.28. The maximum absolute atomic E-state index is 13.1. The van der Waals surface area contributed by atoms with Crippen LogP contribution in [0.5, 0.6) is 11.5 Å². The molecule has 0 saturated heterocycles. The molecule has 0 N–H and O–H groups in total. The normalized spacial score (nSPS) is 11.2. The van der Waals surface area contributed by atoms with Gasteiger partial charge in [-0.05, 0) is 50.5 Å². The monoisotopic (exact) mass is 482 g/mol. The standard InChI is InChI=1S/C26H34N4O5/c1-8-29(14-18-9-10-22(33-6)23(11-18)34-7)24(31)15-35-26(32)19-12-21(16(2)3)28-25-20(19)13-27-30(25)17(4)5/h9-13,16-17H,8,14-15H2,1-7H3. The van der Waals surface area contributed by atoms with Crippen LogP contribution in [0, 0.1) is 0 Å². The first-order chi connectivity index (χ1) is 16.7. The molecule has 1 aromatic carbocycles. The molecule has 0 aliphatic rings. The molecule has 0 bridgehead atoms. The summed E-state index contributed by atoms with van der Waals surface area (Å²) in [5.41, 5.74) is 2.64. The number of likely N-dealkylation sites (N-methyl/N-ethyl adjacent to an activating group) is 1. The molecule has 0 aliphatic heterocycles. The van der Waals surface area contributed by atoms with E-state index in [1.165, 1.54) is 0 Å². The van der Waals surface area contributed by atoms with Crippen LogP contribution in [0.4, 0.5) is 0 Å². The minimum atomic E-state index is -0.571. The van der Waals surface area contributed by atoms with Crippen molar-refractivity contribution in [2.24, 2.45) is 0 Å². The molecule has 0 aliphatic carbocycles. The van der Waals surface area contributed by atoms with Crippen molar-refractivity contribution in [1.82, 2.24) is 19.7 Å². The maximum Gasteiger partial charge on any atom is 0.339 e. The predicted octanol–water partition coefficient (Wildman–Crippen LogP) is 4.36. The Balaban J connectivity index is 1.76.